The minimum atomic E-state index is -1.34. The molecule has 0 N–H and O–H groups in total. The van der Waals surface area contributed by atoms with Crippen molar-refractivity contribution in [2.45, 2.75) is 38.1 Å². The Morgan fingerprint density at radius 1 is 1.37 bits per heavy atom. The number of hydrogen-bond acceptors (Lipinski definition) is 4. The molecule has 0 atom stereocenters. The van der Waals surface area contributed by atoms with Crippen molar-refractivity contribution in [1.29, 1.82) is 0 Å². The lowest BCUT2D eigenvalue weighted by Crippen LogP contribution is -2.35. The minimum absolute atomic E-state index is 0.262. The van der Waals surface area contributed by atoms with Gasteiger partial charge in [-0.05, 0) is 0 Å². The fourth-order valence-electron chi connectivity index (χ4n) is 2.00. The Labute approximate surface area is 120 Å². The number of thiazole rings is 1. The van der Waals surface area contributed by atoms with Crippen LogP contribution in [0.1, 0.15) is 23.5 Å². The molecule has 1 aliphatic heterocycles. The molecule has 0 saturated carbocycles. The van der Waals surface area contributed by atoms with Crippen molar-refractivity contribution in [2.75, 3.05) is 20.3 Å². The molecule has 2 heterocycles. The molecular weight excluding hydrogens is 274 g/mol. The summed E-state index contributed by atoms with van der Waals surface area (Å²) in [5.41, 5.74) is 3.97. The molecule has 2 rings (SSSR count). The van der Waals surface area contributed by atoms with Gasteiger partial charge in [-0.15, -0.1) is 16.9 Å². The zero-order valence-electron chi connectivity index (χ0n) is 12.1. The lowest BCUT2D eigenvalue weighted by molar-refractivity contribution is -0.0948. The quantitative estimate of drug-likeness (QED) is 0.621. The Hall–Kier alpha value is -0.673. The van der Waals surface area contributed by atoms with Crippen molar-refractivity contribution < 1.29 is 9.47 Å². The van der Waals surface area contributed by atoms with Gasteiger partial charge in [0.15, 0.2) is 0 Å². The second kappa shape index (κ2) is 5.76. The molecule has 0 radical (unpaired) electrons. The SMILES string of the molecule is COC1(c2nc(C#C[Si](C)(C)C)cs2)CCOCC1. The standard InChI is InChI=1S/C14H21NO2SSi/c1-16-14(6-8-17-9-7-14)13-15-12(11-18-13)5-10-19(2,3)4/h11H,6-9H2,1-4H3. The van der Waals surface area contributed by atoms with E-state index in [1.54, 1.807) is 18.4 Å². The number of ether oxygens (including phenoxy) is 2. The number of aromatic nitrogens is 1. The largest absolute Gasteiger partial charge is 0.381 e. The van der Waals surface area contributed by atoms with Gasteiger partial charge in [-0.1, -0.05) is 25.6 Å². The van der Waals surface area contributed by atoms with E-state index < -0.39 is 8.07 Å². The normalized spacial score (nSPS) is 18.7. The van der Waals surface area contributed by atoms with E-state index in [0.29, 0.717) is 0 Å². The summed E-state index contributed by atoms with van der Waals surface area (Å²) in [7, 11) is 0.419. The van der Waals surface area contributed by atoms with Gasteiger partial charge in [0.1, 0.15) is 24.4 Å². The van der Waals surface area contributed by atoms with E-state index in [1.807, 2.05) is 5.38 Å². The lowest BCUT2D eigenvalue weighted by Gasteiger charge is -2.33. The number of nitrogens with zero attached hydrogens (tertiary/aromatic N) is 1. The van der Waals surface area contributed by atoms with E-state index in [0.717, 1.165) is 36.8 Å². The van der Waals surface area contributed by atoms with Gasteiger partial charge in [-0.25, -0.2) is 4.98 Å². The first-order chi connectivity index (χ1) is 8.95. The van der Waals surface area contributed by atoms with E-state index >= 15 is 0 Å². The molecule has 19 heavy (non-hydrogen) atoms. The summed E-state index contributed by atoms with van der Waals surface area (Å²) in [5.74, 6) is 3.21. The van der Waals surface area contributed by atoms with Crippen molar-refractivity contribution in [1.82, 2.24) is 4.98 Å². The molecule has 5 heteroatoms. The highest BCUT2D eigenvalue weighted by Gasteiger charge is 2.37. The van der Waals surface area contributed by atoms with Gasteiger partial charge in [-0.2, -0.15) is 0 Å². The van der Waals surface area contributed by atoms with Crippen LogP contribution in [0.25, 0.3) is 0 Å². The first-order valence-electron chi connectivity index (χ1n) is 6.57. The van der Waals surface area contributed by atoms with E-state index in [-0.39, 0.29) is 5.60 Å². The Balaban J connectivity index is 2.21. The van der Waals surface area contributed by atoms with Gasteiger partial charge < -0.3 is 9.47 Å². The molecule has 0 amide bonds. The second-order valence-corrected chi connectivity index (χ2v) is 11.5. The molecule has 0 aromatic carbocycles. The predicted molar refractivity (Wildman–Crippen MR) is 81.1 cm³/mol. The number of rotatable bonds is 2. The minimum Gasteiger partial charge on any atom is -0.381 e. The average Bonchev–Trinajstić information content (AvgIpc) is 2.86. The Kier molecular flexibility index (Phi) is 4.46. The fourth-order valence-corrected chi connectivity index (χ4v) is 3.49. The number of methoxy groups -OCH3 is 1. The van der Waals surface area contributed by atoms with Gasteiger partial charge >= 0.3 is 0 Å². The van der Waals surface area contributed by atoms with Crippen molar-refractivity contribution in [3.8, 4) is 11.5 Å². The first kappa shape index (κ1) is 14.7. The van der Waals surface area contributed by atoms with Crippen LogP contribution in [0, 0.1) is 11.5 Å². The van der Waals surface area contributed by atoms with Crippen LogP contribution in [-0.2, 0) is 15.1 Å². The second-order valence-electron chi connectivity index (χ2n) is 5.85. The van der Waals surface area contributed by atoms with E-state index in [4.69, 9.17) is 9.47 Å². The van der Waals surface area contributed by atoms with Crippen molar-refractivity contribution >= 4 is 19.4 Å². The van der Waals surface area contributed by atoms with Gasteiger partial charge in [0.2, 0.25) is 0 Å². The zero-order valence-corrected chi connectivity index (χ0v) is 13.9. The summed E-state index contributed by atoms with van der Waals surface area (Å²) < 4.78 is 11.2. The highest BCUT2D eigenvalue weighted by atomic mass is 32.1. The Morgan fingerprint density at radius 2 is 2.05 bits per heavy atom. The van der Waals surface area contributed by atoms with Crippen LogP contribution in [0.2, 0.25) is 19.6 Å². The molecular formula is C14H21NO2SSi. The Morgan fingerprint density at radius 3 is 2.63 bits per heavy atom. The van der Waals surface area contributed by atoms with Crippen LogP contribution in [0.4, 0.5) is 0 Å². The molecule has 1 aromatic heterocycles. The van der Waals surface area contributed by atoms with Gasteiger partial charge in [0.05, 0.1) is 0 Å². The summed E-state index contributed by atoms with van der Waals surface area (Å²) in [6.07, 6.45) is 1.75. The molecule has 1 saturated heterocycles. The summed E-state index contributed by atoms with van der Waals surface area (Å²) in [6.45, 7) is 8.19. The molecule has 1 fully saturated rings. The maximum atomic E-state index is 5.75. The third-order valence-electron chi connectivity index (χ3n) is 3.15. The zero-order chi connectivity index (χ0) is 13.9. The lowest BCUT2D eigenvalue weighted by atomic mass is 9.95. The van der Waals surface area contributed by atoms with Gasteiger partial charge in [0.25, 0.3) is 0 Å². The smallest absolute Gasteiger partial charge is 0.129 e. The van der Waals surface area contributed by atoms with Crippen LogP contribution in [-0.4, -0.2) is 33.4 Å². The van der Waals surface area contributed by atoms with Gasteiger partial charge in [-0.3, -0.25) is 0 Å². The van der Waals surface area contributed by atoms with Crippen LogP contribution in [0.5, 0.6) is 0 Å². The third kappa shape index (κ3) is 3.66. The third-order valence-corrected chi connectivity index (χ3v) is 5.05. The van der Waals surface area contributed by atoms with E-state index in [2.05, 4.69) is 36.1 Å². The molecule has 0 unspecified atom stereocenters. The summed E-state index contributed by atoms with van der Waals surface area (Å²) in [4.78, 5) is 4.67. The summed E-state index contributed by atoms with van der Waals surface area (Å²) in [6, 6.07) is 0. The molecule has 1 aromatic rings. The van der Waals surface area contributed by atoms with E-state index in [1.165, 1.54) is 0 Å². The highest BCUT2D eigenvalue weighted by Crippen LogP contribution is 2.37. The Bertz CT molecular complexity index is 490. The average molecular weight is 295 g/mol. The van der Waals surface area contributed by atoms with Gasteiger partial charge in [0, 0.05) is 38.5 Å². The van der Waals surface area contributed by atoms with Crippen LogP contribution < -0.4 is 0 Å². The number of hydrogen-bond donors (Lipinski definition) is 0. The molecule has 0 aliphatic carbocycles. The van der Waals surface area contributed by atoms with Crippen molar-refractivity contribution in [3.63, 3.8) is 0 Å². The van der Waals surface area contributed by atoms with E-state index in [9.17, 15) is 0 Å². The topological polar surface area (TPSA) is 31.4 Å². The monoisotopic (exact) mass is 295 g/mol. The highest BCUT2D eigenvalue weighted by molar-refractivity contribution is 7.09. The molecule has 0 bridgehead atoms. The predicted octanol–water partition coefficient (Wildman–Crippen LogP) is 3.02. The molecule has 0 spiro atoms. The van der Waals surface area contributed by atoms with Crippen LogP contribution in [0.3, 0.4) is 0 Å². The van der Waals surface area contributed by atoms with Crippen molar-refractivity contribution in [2.24, 2.45) is 0 Å². The summed E-state index contributed by atoms with van der Waals surface area (Å²) in [5, 5.41) is 3.08. The van der Waals surface area contributed by atoms with Crippen LogP contribution in [0.15, 0.2) is 5.38 Å². The maximum Gasteiger partial charge on any atom is 0.129 e. The molecule has 1 aliphatic rings. The summed E-state index contributed by atoms with van der Waals surface area (Å²) >= 11 is 1.65. The van der Waals surface area contributed by atoms with Crippen LogP contribution >= 0.6 is 11.3 Å². The van der Waals surface area contributed by atoms with Crippen molar-refractivity contribution in [3.05, 3.63) is 16.1 Å². The fraction of sp³-hybridized carbons (Fsp3) is 0.643. The maximum absolute atomic E-state index is 5.75. The molecule has 3 nitrogen and oxygen atoms in total. The molecule has 104 valence electrons. The first-order valence-corrected chi connectivity index (χ1v) is 11.0.